The molecule has 1 aliphatic heterocycles. The Balaban J connectivity index is 2.42. The van der Waals surface area contributed by atoms with E-state index >= 15 is 0 Å². The van der Waals surface area contributed by atoms with Crippen molar-refractivity contribution in [2.24, 2.45) is 0 Å². The molecule has 1 aromatic carbocycles. The molecule has 0 amide bonds. The number of anilines is 1. The molecule has 0 aliphatic carbocycles. The number of sulfonamides is 1. The zero-order valence-corrected chi connectivity index (χ0v) is 12.2. The summed E-state index contributed by atoms with van der Waals surface area (Å²) in [7, 11) is -2.28. The summed E-state index contributed by atoms with van der Waals surface area (Å²) in [6.45, 7) is 1.83. The lowest BCUT2D eigenvalue weighted by molar-refractivity contribution is 0.136. The van der Waals surface area contributed by atoms with Crippen LogP contribution in [0.5, 0.6) is 0 Å². The minimum Gasteiger partial charge on any atom is -0.381 e. The summed E-state index contributed by atoms with van der Waals surface area (Å²) >= 11 is 0. The molecule has 4 nitrogen and oxygen atoms in total. The molecule has 1 aromatic rings. The minimum absolute atomic E-state index is 0.0269. The molecule has 1 aliphatic rings. The van der Waals surface area contributed by atoms with E-state index in [1.807, 2.05) is 0 Å². The first-order chi connectivity index (χ1) is 9.35. The number of ether oxygens (including phenoxy) is 1. The predicted octanol–water partition coefficient (Wildman–Crippen LogP) is 2.08. The van der Waals surface area contributed by atoms with Crippen molar-refractivity contribution in [2.45, 2.75) is 25.9 Å². The van der Waals surface area contributed by atoms with Crippen LogP contribution in [0.4, 0.5) is 14.5 Å². The lowest BCUT2D eigenvalue weighted by Gasteiger charge is -2.31. The Bertz CT molecular complexity index is 604. The van der Waals surface area contributed by atoms with Crippen LogP contribution in [-0.2, 0) is 21.2 Å². The first kappa shape index (κ1) is 15.2. The number of hydrogen-bond acceptors (Lipinski definition) is 3. The van der Waals surface area contributed by atoms with Gasteiger partial charge in [0.1, 0.15) is 5.82 Å². The van der Waals surface area contributed by atoms with E-state index in [0.717, 1.165) is 4.31 Å². The molecule has 0 saturated heterocycles. The first-order valence-corrected chi connectivity index (χ1v) is 7.97. The highest BCUT2D eigenvalue weighted by atomic mass is 32.2. The second-order valence-electron chi connectivity index (χ2n) is 4.90. The third kappa shape index (κ3) is 2.93. The van der Waals surface area contributed by atoms with Crippen molar-refractivity contribution in [2.75, 3.05) is 23.7 Å². The summed E-state index contributed by atoms with van der Waals surface area (Å²) in [4.78, 5) is 0. The Morgan fingerprint density at radius 3 is 2.75 bits per heavy atom. The Morgan fingerprint density at radius 1 is 1.40 bits per heavy atom. The van der Waals surface area contributed by atoms with Gasteiger partial charge < -0.3 is 4.74 Å². The predicted molar refractivity (Wildman–Crippen MR) is 72.3 cm³/mol. The molecule has 0 aromatic heterocycles. The maximum absolute atomic E-state index is 14.0. The molecule has 112 valence electrons. The number of rotatable bonds is 4. The summed E-state index contributed by atoms with van der Waals surface area (Å²) in [6, 6.07) is 1.91. The molecule has 0 bridgehead atoms. The third-order valence-electron chi connectivity index (χ3n) is 3.35. The van der Waals surface area contributed by atoms with Gasteiger partial charge in [0.15, 0.2) is 5.82 Å². The lowest BCUT2D eigenvalue weighted by Crippen LogP contribution is -2.40. The number of nitrogens with zero attached hydrogens (tertiary/aromatic N) is 1. The smallest absolute Gasteiger partial charge is 0.237 e. The summed E-state index contributed by atoms with van der Waals surface area (Å²) in [5.41, 5.74) is 0.364. The molecule has 7 heteroatoms. The van der Waals surface area contributed by atoms with Crippen LogP contribution >= 0.6 is 0 Å². The minimum atomic E-state index is -3.70. The molecule has 0 saturated carbocycles. The van der Waals surface area contributed by atoms with Gasteiger partial charge in [-0.05, 0) is 31.4 Å². The third-order valence-corrected chi connectivity index (χ3v) is 5.27. The number of aryl methyl sites for hydroxylation is 1. The molecule has 0 fully saturated rings. The largest absolute Gasteiger partial charge is 0.381 e. The summed E-state index contributed by atoms with van der Waals surface area (Å²) in [5, 5.41) is 0. The SMILES string of the molecule is CO[C@H](C)CS(=O)(=O)N1CCCc2cc(F)cc(F)c21. The summed E-state index contributed by atoms with van der Waals surface area (Å²) < 4.78 is 57.8. The molecule has 20 heavy (non-hydrogen) atoms. The van der Waals surface area contributed by atoms with Gasteiger partial charge in [-0.1, -0.05) is 0 Å². The van der Waals surface area contributed by atoms with Crippen LogP contribution in [0.3, 0.4) is 0 Å². The fourth-order valence-corrected chi connectivity index (χ4v) is 4.15. The maximum atomic E-state index is 14.0. The van der Waals surface area contributed by atoms with Crippen molar-refractivity contribution >= 4 is 15.7 Å². The molecule has 2 rings (SSSR count). The molecular weight excluding hydrogens is 288 g/mol. The number of methoxy groups -OCH3 is 1. The van der Waals surface area contributed by atoms with E-state index < -0.39 is 27.8 Å². The molecule has 0 spiro atoms. The molecular formula is C13H17F2NO3S. The van der Waals surface area contributed by atoms with Crippen LogP contribution in [0.25, 0.3) is 0 Å². The molecule has 0 N–H and O–H groups in total. The van der Waals surface area contributed by atoms with Crippen molar-refractivity contribution in [3.05, 3.63) is 29.3 Å². The summed E-state index contributed by atoms with van der Waals surface area (Å²) in [6.07, 6.45) is 0.515. The van der Waals surface area contributed by atoms with Gasteiger partial charge in [-0.15, -0.1) is 0 Å². The van der Waals surface area contributed by atoms with Gasteiger partial charge in [0.05, 0.1) is 17.5 Å². The van der Waals surface area contributed by atoms with Crippen LogP contribution in [0.15, 0.2) is 12.1 Å². The molecule has 1 atom stereocenters. The van der Waals surface area contributed by atoms with Gasteiger partial charge in [-0.3, -0.25) is 4.31 Å². The van der Waals surface area contributed by atoms with Gasteiger partial charge in [0.2, 0.25) is 10.0 Å². The first-order valence-electron chi connectivity index (χ1n) is 6.36. The van der Waals surface area contributed by atoms with Crippen LogP contribution in [-0.4, -0.2) is 33.9 Å². The Kier molecular flexibility index (Phi) is 4.29. The van der Waals surface area contributed by atoms with Gasteiger partial charge in [-0.2, -0.15) is 0 Å². The van der Waals surface area contributed by atoms with Crippen molar-refractivity contribution < 1.29 is 21.9 Å². The van der Waals surface area contributed by atoms with E-state index in [9.17, 15) is 17.2 Å². The molecule has 0 unspecified atom stereocenters. The quantitative estimate of drug-likeness (QED) is 0.855. The van der Waals surface area contributed by atoms with E-state index in [1.54, 1.807) is 6.92 Å². The zero-order valence-electron chi connectivity index (χ0n) is 11.4. The number of hydrogen-bond donors (Lipinski definition) is 0. The van der Waals surface area contributed by atoms with Crippen LogP contribution < -0.4 is 4.31 Å². The van der Waals surface area contributed by atoms with Crippen LogP contribution in [0, 0.1) is 11.6 Å². The Hall–Kier alpha value is -1.21. The highest BCUT2D eigenvalue weighted by molar-refractivity contribution is 7.92. The average molecular weight is 305 g/mol. The highest BCUT2D eigenvalue weighted by Crippen LogP contribution is 2.33. The van der Waals surface area contributed by atoms with Crippen LogP contribution in [0.2, 0.25) is 0 Å². The topological polar surface area (TPSA) is 46.6 Å². The van der Waals surface area contributed by atoms with Gasteiger partial charge in [-0.25, -0.2) is 17.2 Å². The average Bonchev–Trinajstić information content (AvgIpc) is 2.37. The van der Waals surface area contributed by atoms with E-state index in [4.69, 9.17) is 4.74 Å². The van der Waals surface area contributed by atoms with Gasteiger partial charge >= 0.3 is 0 Å². The number of halogens is 2. The molecule has 0 radical (unpaired) electrons. The van der Waals surface area contributed by atoms with E-state index in [0.29, 0.717) is 24.5 Å². The van der Waals surface area contributed by atoms with Crippen LogP contribution in [0.1, 0.15) is 18.9 Å². The fourth-order valence-electron chi connectivity index (χ4n) is 2.35. The normalized spacial score (nSPS) is 16.9. The lowest BCUT2D eigenvalue weighted by atomic mass is 10.0. The monoisotopic (exact) mass is 305 g/mol. The number of fused-ring (bicyclic) bond motifs is 1. The second kappa shape index (κ2) is 5.65. The Morgan fingerprint density at radius 2 is 2.10 bits per heavy atom. The highest BCUT2D eigenvalue weighted by Gasteiger charge is 2.31. The van der Waals surface area contributed by atoms with Gasteiger partial charge in [0, 0.05) is 19.7 Å². The van der Waals surface area contributed by atoms with Crippen molar-refractivity contribution in [1.29, 1.82) is 0 Å². The van der Waals surface area contributed by atoms with E-state index in [-0.39, 0.29) is 18.0 Å². The van der Waals surface area contributed by atoms with Gasteiger partial charge in [0.25, 0.3) is 0 Å². The zero-order chi connectivity index (χ0) is 14.9. The number of benzene rings is 1. The van der Waals surface area contributed by atoms with E-state index in [1.165, 1.54) is 13.2 Å². The Labute approximate surface area is 117 Å². The summed E-state index contributed by atoms with van der Waals surface area (Å²) in [5.74, 6) is -1.76. The maximum Gasteiger partial charge on any atom is 0.237 e. The van der Waals surface area contributed by atoms with Crippen molar-refractivity contribution in [1.82, 2.24) is 0 Å². The van der Waals surface area contributed by atoms with Crippen molar-refractivity contribution in [3.8, 4) is 0 Å². The fraction of sp³-hybridized carbons (Fsp3) is 0.538. The van der Waals surface area contributed by atoms with E-state index in [2.05, 4.69) is 0 Å². The van der Waals surface area contributed by atoms with Crippen molar-refractivity contribution in [3.63, 3.8) is 0 Å². The molecule has 1 heterocycles. The second-order valence-corrected chi connectivity index (χ2v) is 6.83. The standard InChI is InChI=1S/C13H17F2NO3S/c1-9(19-2)8-20(17,18)16-5-3-4-10-6-11(14)7-12(15)13(10)16/h6-7,9H,3-5,8H2,1-2H3/t9-/m1/s1.